The Kier molecular flexibility index (Phi) is 4.67. The van der Waals surface area contributed by atoms with Gasteiger partial charge in [0.15, 0.2) is 0 Å². The Bertz CT molecular complexity index is 540. The average Bonchev–Trinajstić information content (AvgIpc) is 2.49. The standard InChI is InChI=1S/C18H23N2/c1-5-20(6-2)18-10-8-7-9-17(18)15-11-13-16(14-12-15)19(3)4/h7-9,11-14H,5-6H2,1-4H3. The molecule has 0 fully saturated rings. The maximum absolute atomic E-state index is 3.39. The summed E-state index contributed by atoms with van der Waals surface area (Å²) in [6.45, 7) is 6.37. The summed E-state index contributed by atoms with van der Waals surface area (Å²) in [7, 11) is 4.12. The van der Waals surface area contributed by atoms with Crippen molar-refractivity contribution in [3.05, 3.63) is 48.5 Å². The Hall–Kier alpha value is -1.96. The highest BCUT2D eigenvalue weighted by Crippen LogP contribution is 2.31. The van der Waals surface area contributed by atoms with Gasteiger partial charge in [0.2, 0.25) is 0 Å². The second-order valence-electron chi connectivity index (χ2n) is 5.05. The van der Waals surface area contributed by atoms with E-state index in [1.54, 1.807) is 0 Å². The maximum atomic E-state index is 3.39. The van der Waals surface area contributed by atoms with Gasteiger partial charge in [0.05, 0.1) is 5.69 Å². The molecule has 2 nitrogen and oxygen atoms in total. The summed E-state index contributed by atoms with van der Waals surface area (Å²) in [5.74, 6) is 0. The number of nitrogens with zero attached hydrogens (tertiary/aromatic N) is 2. The molecule has 20 heavy (non-hydrogen) atoms. The smallest absolute Gasteiger partial charge is 0.0526 e. The number of rotatable bonds is 5. The third-order valence-corrected chi connectivity index (χ3v) is 3.61. The summed E-state index contributed by atoms with van der Waals surface area (Å²) < 4.78 is 0. The Morgan fingerprint density at radius 2 is 1.60 bits per heavy atom. The van der Waals surface area contributed by atoms with Crippen molar-refractivity contribution in [2.45, 2.75) is 13.8 Å². The van der Waals surface area contributed by atoms with E-state index in [4.69, 9.17) is 0 Å². The van der Waals surface area contributed by atoms with Crippen molar-refractivity contribution in [3.8, 4) is 11.1 Å². The fraction of sp³-hybridized carbons (Fsp3) is 0.333. The molecule has 0 aromatic heterocycles. The lowest BCUT2D eigenvalue weighted by molar-refractivity contribution is 0.866. The SMILES string of the molecule is CCN(CC)c1[c]cccc1-c1ccc(N(C)C)cc1. The zero-order valence-corrected chi connectivity index (χ0v) is 12.9. The molecule has 0 aliphatic rings. The topological polar surface area (TPSA) is 6.48 Å². The van der Waals surface area contributed by atoms with Crippen LogP contribution in [0, 0.1) is 6.07 Å². The highest BCUT2D eigenvalue weighted by Gasteiger charge is 2.09. The van der Waals surface area contributed by atoms with Gasteiger partial charge in [0.25, 0.3) is 0 Å². The van der Waals surface area contributed by atoms with Gasteiger partial charge in [-0.05, 0) is 31.5 Å². The molecule has 2 aromatic rings. The first-order valence-electron chi connectivity index (χ1n) is 7.20. The number of hydrogen-bond acceptors (Lipinski definition) is 2. The van der Waals surface area contributed by atoms with Crippen LogP contribution in [0.25, 0.3) is 11.1 Å². The van der Waals surface area contributed by atoms with E-state index in [9.17, 15) is 0 Å². The van der Waals surface area contributed by atoms with Crippen molar-refractivity contribution in [3.63, 3.8) is 0 Å². The van der Waals surface area contributed by atoms with Crippen LogP contribution in [0.15, 0.2) is 42.5 Å². The monoisotopic (exact) mass is 267 g/mol. The van der Waals surface area contributed by atoms with Crippen molar-refractivity contribution in [1.29, 1.82) is 0 Å². The highest BCUT2D eigenvalue weighted by atomic mass is 15.1. The van der Waals surface area contributed by atoms with Crippen molar-refractivity contribution in [2.24, 2.45) is 0 Å². The number of benzene rings is 2. The van der Waals surface area contributed by atoms with Crippen LogP contribution in [0.3, 0.4) is 0 Å². The van der Waals surface area contributed by atoms with Crippen LogP contribution < -0.4 is 9.80 Å². The Labute approximate surface area is 122 Å². The van der Waals surface area contributed by atoms with Crippen LogP contribution in [0.1, 0.15) is 13.8 Å². The van der Waals surface area contributed by atoms with E-state index in [0.29, 0.717) is 0 Å². The molecule has 1 radical (unpaired) electrons. The molecule has 0 atom stereocenters. The van der Waals surface area contributed by atoms with E-state index in [2.05, 4.69) is 80.2 Å². The summed E-state index contributed by atoms with van der Waals surface area (Å²) in [6.07, 6.45) is 0. The molecule has 2 rings (SSSR count). The Morgan fingerprint density at radius 1 is 0.950 bits per heavy atom. The first-order valence-corrected chi connectivity index (χ1v) is 7.20. The summed E-state index contributed by atoms with van der Waals surface area (Å²) in [4.78, 5) is 4.46. The van der Waals surface area contributed by atoms with Gasteiger partial charge in [-0.2, -0.15) is 0 Å². The lowest BCUT2D eigenvalue weighted by Crippen LogP contribution is -2.22. The molecular weight excluding hydrogens is 244 g/mol. The van der Waals surface area contributed by atoms with Crippen molar-refractivity contribution in [1.82, 2.24) is 0 Å². The van der Waals surface area contributed by atoms with Crippen LogP contribution >= 0.6 is 0 Å². The summed E-state index contributed by atoms with van der Waals surface area (Å²) in [5, 5.41) is 0. The zero-order valence-electron chi connectivity index (χ0n) is 12.9. The number of para-hydroxylation sites is 1. The molecule has 0 aliphatic carbocycles. The molecule has 0 amide bonds. The lowest BCUT2D eigenvalue weighted by atomic mass is 10.0. The van der Waals surface area contributed by atoms with Gasteiger partial charge in [-0.3, -0.25) is 0 Å². The maximum Gasteiger partial charge on any atom is 0.0526 e. The van der Waals surface area contributed by atoms with E-state index in [1.807, 2.05) is 6.07 Å². The van der Waals surface area contributed by atoms with Gasteiger partial charge in [-0.25, -0.2) is 0 Å². The van der Waals surface area contributed by atoms with Crippen molar-refractivity contribution in [2.75, 3.05) is 37.0 Å². The van der Waals surface area contributed by atoms with E-state index < -0.39 is 0 Å². The minimum absolute atomic E-state index is 1.000. The summed E-state index contributed by atoms with van der Waals surface area (Å²) in [6, 6.07) is 18.3. The van der Waals surface area contributed by atoms with E-state index in [0.717, 1.165) is 13.1 Å². The van der Waals surface area contributed by atoms with Crippen LogP contribution in [0.5, 0.6) is 0 Å². The van der Waals surface area contributed by atoms with E-state index >= 15 is 0 Å². The largest absolute Gasteiger partial charge is 0.378 e. The molecule has 2 heteroatoms. The predicted octanol–water partition coefficient (Wildman–Crippen LogP) is 4.07. The third-order valence-electron chi connectivity index (χ3n) is 3.61. The van der Waals surface area contributed by atoms with E-state index in [1.165, 1.54) is 22.5 Å². The van der Waals surface area contributed by atoms with Crippen LogP contribution in [-0.4, -0.2) is 27.2 Å². The lowest BCUT2D eigenvalue weighted by Gasteiger charge is -2.24. The van der Waals surface area contributed by atoms with Gasteiger partial charge in [0.1, 0.15) is 0 Å². The Morgan fingerprint density at radius 3 is 2.15 bits per heavy atom. The molecule has 0 bridgehead atoms. The molecule has 0 N–H and O–H groups in total. The second kappa shape index (κ2) is 6.47. The second-order valence-corrected chi connectivity index (χ2v) is 5.05. The minimum Gasteiger partial charge on any atom is -0.378 e. The van der Waals surface area contributed by atoms with Crippen molar-refractivity contribution < 1.29 is 0 Å². The first kappa shape index (κ1) is 14.4. The van der Waals surface area contributed by atoms with Gasteiger partial charge >= 0.3 is 0 Å². The van der Waals surface area contributed by atoms with Gasteiger partial charge in [-0.1, -0.05) is 30.3 Å². The summed E-state index contributed by atoms with van der Waals surface area (Å²) in [5.41, 5.74) is 4.91. The molecule has 2 aromatic carbocycles. The molecular formula is C18H23N2. The fourth-order valence-corrected chi connectivity index (χ4v) is 2.40. The molecule has 0 aliphatic heterocycles. The fourth-order valence-electron chi connectivity index (χ4n) is 2.40. The molecule has 0 heterocycles. The zero-order chi connectivity index (χ0) is 14.5. The quantitative estimate of drug-likeness (QED) is 0.806. The predicted molar refractivity (Wildman–Crippen MR) is 88.6 cm³/mol. The molecule has 0 spiro atoms. The average molecular weight is 267 g/mol. The van der Waals surface area contributed by atoms with Crippen LogP contribution in [0.2, 0.25) is 0 Å². The van der Waals surface area contributed by atoms with E-state index in [-0.39, 0.29) is 0 Å². The summed E-state index contributed by atoms with van der Waals surface area (Å²) >= 11 is 0. The Balaban J connectivity index is 2.42. The highest BCUT2D eigenvalue weighted by molar-refractivity contribution is 5.79. The molecule has 0 saturated heterocycles. The van der Waals surface area contributed by atoms with Crippen LogP contribution in [0.4, 0.5) is 11.4 Å². The number of hydrogen-bond donors (Lipinski definition) is 0. The normalized spacial score (nSPS) is 10.4. The van der Waals surface area contributed by atoms with Gasteiger partial charge in [-0.15, -0.1) is 0 Å². The van der Waals surface area contributed by atoms with Gasteiger partial charge < -0.3 is 9.80 Å². The van der Waals surface area contributed by atoms with Gasteiger partial charge in [0, 0.05) is 44.5 Å². The molecule has 0 saturated carbocycles. The first-order chi connectivity index (χ1) is 9.67. The molecule has 0 unspecified atom stereocenters. The van der Waals surface area contributed by atoms with Crippen LogP contribution in [-0.2, 0) is 0 Å². The minimum atomic E-state index is 1.000. The third kappa shape index (κ3) is 2.96. The molecule has 105 valence electrons. The van der Waals surface area contributed by atoms with Crippen molar-refractivity contribution >= 4 is 11.4 Å². The number of anilines is 2.